The molecule has 0 bridgehead atoms. The van der Waals surface area contributed by atoms with Crippen LogP contribution in [0, 0.1) is 41.5 Å². The highest BCUT2D eigenvalue weighted by atomic mass is 16.5. The summed E-state index contributed by atoms with van der Waals surface area (Å²) in [6.45, 7) is 12.6. The molecule has 2 aromatic carbocycles. The van der Waals surface area contributed by atoms with Gasteiger partial charge in [-0.2, -0.15) is 5.10 Å². The van der Waals surface area contributed by atoms with Crippen LogP contribution in [0.3, 0.4) is 0 Å². The minimum absolute atomic E-state index is 0.187. The predicted octanol–water partition coefficient (Wildman–Crippen LogP) is 5.60. The van der Waals surface area contributed by atoms with E-state index in [2.05, 4.69) is 34.6 Å². The molecule has 0 fully saturated rings. The van der Waals surface area contributed by atoms with Gasteiger partial charge in [-0.3, -0.25) is 9.48 Å². The average Bonchev–Trinajstić information content (AvgIpc) is 3.30. The van der Waals surface area contributed by atoms with Crippen molar-refractivity contribution in [3.05, 3.63) is 93.1 Å². The van der Waals surface area contributed by atoms with E-state index in [-0.39, 0.29) is 18.2 Å². The molecular weight excluding hydrogens is 428 g/mol. The number of aryl methyl sites for hydroxylation is 4. The molecule has 2 heterocycles. The number of hydrogen-bond donors (Lipinski definition) is 1. The van der Waals surface area contributed by atoms with Gasteiger partial charge in [0, 0.05) is 0 Å². The first-order valence-corrected chi connectivity index (χ1v) is 11.3. The van der Waals surface area contributed by atoms with Crippen molar-refractivity contribution in [1.29, 1.82) is 0 Å². The Morgan fingerprint density at radius 1 is 1.00 bits per heavy atom. The van der Waals surface area contributed by atoms with Crippen molar-refractivity contribution in [3.8, 4) is 5.75 Å². The summed E-state index contributed by atoms with van der Waals surface area (Å²) < 4.78 is 13.3. The Bertz CT molecular complexity index is 1350. The van der Waals surface area contributed by atoms with Gasteiger partial charge in [-0.1, -0.05) is 41.6 Å². The highest BCUT2D eigenvalue weighted by molar-refractivity contribution is 6.04. The maximum absolute atomic E-state index is 13.2. The zero-order valence-electron chi connectivity index (χ0n) is 20.5. The molecule has 0 atom stereocenters. The molecule has 7 nitrogen and oxygen atoms in total. The lowest BCUT2D eigenvalue weighted by Crippen LogP contribution is -2.16. The van der Waals surface area contributed by atoms with Crippen LogP contribution < -0.4 is 10.1 Å². The fourth-order valence-electron chi connectivity index (χ4n) is 3.92. The first-order chi connectivity index (χ1) is 16.3. The molecular formula is C27H30N4O3. The van der Waals surface area contributed by atoms with Crippen molar-refractivity contribution in [3.63, 3.8) is 0 Å². The van der Waals surface area contributed by atoms with Crippen LogP contribution in [-0.2, 0) is 13.2 Å². The first kappa shape index (κ1) is 23.3. The molecule has 1 N–H and O–H groups in total. The maximum atomic E-state index is 13.2. The van der Waals surface area contributed by atoms with E-state index in [0.717, 1.165) is 28.3 Å². The predicted molar refractivity (Wildman–Crippen MR) is 131 cm³/mol. The summed E-state index contributed by atoms with van der Waals surface area (Å²) in [5.41, 5.74) is 7.74. The van der Waals surface area contributed by atoms with E-state index >= 15 is 0 Å². The molecule has 4 aromatic rings. The summed E-state index contributed by atoms with van der Waals surface area (Å²) in [4.78, 5) is 13.2. The van der Waals surface area contributed by atoms with Gasteiger partial charge in [0.05, 0.1) is 29.2 Å². The lowest BCUT2D eigenvalue weighted by molar-refractivity contribution is 0.101. The monoisotopic (exact) mass is 458 g/mol. The molecule has 4 rings (SSSR count). The zero-order chi connectivity index (χ0) is 24.4. The van der Waals surface area contributed by atoms with E-state index < -0.39 is 0 Å². The van der Waals surface area contributed by atoms with E-state index in [0.29, 0.717) is 23.6 Å². The minimum atomic E-state index is -0.349. The Morgan fingerprint density at radius 3 is 2.50 bits per heavy atom. The van der Waals surface area contributed by atoms with Gasteiger partial charge >= 0.3 is 0 Å². The van der Waals surface area contributed by atoms with Crippen LogP contribution >= 0.6 is 0 Å². The second kappa shape index (κ2) is 9.55. The van der Waals surface area contributed by atoms with E-state index in [1.54, 1.807) is 6.92 Å². The third kappa shape index (κ3) is 4.59. The number of nitrogens with one attached hydrogen (secondary N) is 1. The van der Waals surface area contributed by atoms with Crippen LogP contribution in [0.15, 0.2) is 47.0 Å². The minimum Gasteiger partial charge on any atom is -0.488 e. The van der Waals surface area contributed by atoms with Gasteiger partial charge < -0.3 is 14.6 Å². The number of amides is 1. The number of ether oxygens (including phenoxy) is 1. The third-order valence-corrected chi connectivity index (χ3v) is 6.33. The van der Waals surface area contributed by atoms with E-state index in [9.17, 15) is 4.79 Å². The highest BCUT2D eigenvalue weighted by Gasteiger charge is 2.23. The molecule has 0 spiro atoms. The molecule has 0 aliphatic rings. The van der Waals surface area contributed by atoms with Crippen LogP contribution in [-0.4, -0.2) is 20.8 Å². The Hall–Kier alpha value is -3.87. The topological polar surface area (TPSA) is 82.2 Å². The SMILES string of the molecule is Cc1ccccc1Cn1nc(C)c(NC(=O)c2noc(C)c2COc2cccc(C)c2C)c1C. The van der Waals surface area contributed by atoms with Crippen LogP contribution in [0.4, 0.5) is 5.69 Å². The van der Waals surface area contributed by atoms with Gasteiger partial charge in [0.2, 0.25) is 0 Å². The van der Waals surface area contributed by atoms with Crippen molar-refractivity contribution < 1.29 is 14.1 Å². The number of benzene rings is 2. The first-order valence-electron chi connectivity index (χ1n) is 11.3. The molecule has 0 aliphatic heterocycles. The fraction of sp³-hybridized carbons (Fsp3) is 0.296. The quantitative estimate of drug-likeness (QED) is 0.390. The summed E-state index contributed by atoms with van der Waals surface area (Å²) in [5, 5.41) is 11.7. The number of nitrogens with zero attached hydrogens (tertiary/aromatic N) is 3. The largest absolute Gasteiger partial charge is 0.488 e. The van der Waals surface area contributed by atoms with Crippen molar-refractivity contribution in [2.45, 2.75) is 54.7 Å². The highest BCUT2D eigenvalue weighted by Crippen LogP contribution is 2.25. The van der Waals surface area contributed by atoms with Gasteiger partial charge in [0.1, 0.15) is 18.1 Å². The van der Waals surface area contributed by atoms with Crippen molar-refractivity contribution in [1.82, 2.24) is 14.9 Å². The average molecular weight is 459 g/mol. The fourth-order valence-corrected chi connectivity index (χ4v) is 3.92. The molecule has 34 heavy (non-hydrogen) atoms. The molecule has 0 saturated carbocycles. The van der Waals surface area contributed by atoms with Crippen LogP contribution in [0.25, 0.3) is 0 Å². The van der Waals surface area contributed by atoms with Gasteiger partial charge in [-0.25, -0.2) is 0 Å². The van der Waals surface area contributed by atoms with E-state index in [1.807, 2.05) is 62.7 Å². The second-order valence-electron chi connectivity index (χ2n) is 8.64. The number of carbonyl (C=O) groups is 1. The van der Waals surface area contributed by atoms with E-state index in [1.165, 1.54) is 11.1 Å². The van der Waals surface area contributed by atoms with Crippen molar-refractivity contribution in [2.24, 2.45) is 0 Å². The second-order valence-corrected chi connectivity index (χ2v) is 8.64. The molecule has 1 amide bonds. The Morgan fingerprint density at radius 2 is 1.74 bits per heavy atom. The molecule has 0 unspecified atom stereocenters. The van der Waals surface area contributed by atoms with E-state index in [4.69, 9.17) is 9.26 Å². The molecule has 0 aliphatic carbocycles. The van der Waals surface area contributed by atoms with Gasteiger partial charge in [-0.05, 0) is 69.9 Å². The van der Waals surface area contributed by atoms with Crippen LogP contribution in [0.2, 0.25) is 0 Å². The molecule has 7 heteroatoms. The van der Waals surface area contributed by atoms with Crippen molar-refractivity contribution >= 4 is 11.6 Å². The summed E-state index contributed by atoms with van der Waals surface area (Å²) in [6, 6.07) is 14.1. The third-order valence-electron chi connectivity index (χ3n) is 6.33. The summed E-state index contributed by atoms with van der Waals surface area (Å²) >= 11 is 0. The molecule has 176 valence electrons. The van der Waals surface area contributed by atoms with Crippen LogP contribution in [0.5, 0.6) is 5.75 Å². The molecule has 2 aromatic heterocycles. The lowest BCUT2D eigenvalue weighted by Gasteiger charge is -2.11. The Labute approximate surface area is 199 Å². The van der Waals surface area contributed by atoms with Crippen molar-refractivity contribution in [2.75, 3.05) is 5.32 Å². The maximum Gasteiger partial charge on any atom is 0.278 e. The number of anilines is 1. The molecule has 0 radical (unpaired) electrons. The zero-order valence-corrected chi connectivity index (χ0v) is 20.5. The summed E-state index contributed by atoms with van der Waals surface area (Å²) in [7, 11) is 0. The van der Waals surface area contributed by atoms with Gasteiger partial charge in [0.25, 0.3) is 5.91 Å². The Kier molecular flexibility index (Phi) is 6.54. The summed E-state index contributed by atoms with van der Waals surface area (Å²) in [6.07, 6.45) is 0. The molecule has 0 saturated heterocycles. The normalized spacial score (nSPS) is 11.0. The Balaban J connectivity index is 1.53. The summed E-state index contributed by atoms with van der Waals surface area (Å²) in [5.74, 6) is 0.980. The number of aromatic nitrogens is 3. The van der Waals surface area contributed by atoms with Crippen LogP contribution in [0.1, 0.15) is 55.5 Å². The standard InChI is InChI=1S/C27H30N4O3/c1-16-11-9-13-24(18(16)3)33-15-23-21(6)34-30-26(23)27(32)28-25-19(4)29-31(20(25)5)14-22-12-8-7-10-17(22)2/h7-13H,14-15H2,1-6H3,(H,28,32). The van der Waals surface area contributed by atoms with Gasteiger partial charge in [0.15, 0.2) is 5.69 Å². The number of carbonyl (C=O) groups excluding carboxylic acids is 1. The lowest BCUT2D eigenvalue weighted by atomic mass is 10.1. The van der Waals surface area contributed by atoms with Gasteiger partial charge in [-0.15, -0.1) is 0 Å². The number of hydrogen-bond acceptors (Lipinski definition) is 5. The smallest absolute Gasteiger partial charge is 0.278 e. The number of rotatable bonds is 7.